The van der Waals surface area contributed by atoms with Crippen LogP contribution in [-0.4, -0.2) is 52.8 Å². The van der Waals surface area contributed by atoms with Crippen molar-refractivity contribution in [3.8, 4) is 0 Å². The number of benzene rings is 2. The SMILES string of the molecule is C/C(N)=C1\c2ccc(C3=CCN(C(C)C)CC3)cc2C(Nc2cccc(Cl)c2F)CCN1N.O=C(O)C(F)(F)F. The number of halogens is 5. The number of nitrogens with one attached hydrogen (secondary N) is 1. The van der Waals surface area contributed by atoms with Gasteiger partial charge in [0, 0.05) is 36.9 Å². The van der Waals surface area contributed by atoms with E-state index in [2.05, 4.69) is 48.3 Å². The van der Waals surface area contributed by atoms with E-state index in [-0.39, 0.29) is 11.1 Å². The molecule has 218 valence electrons. The molecule has 0 fully saturated rings. The van der Waals surface area contributed by atoms with Gasteiger partial charge in [-0.05, 0) is 68.5 Å². The van der Waals surface area contributed by atoms with Crippen LogP contribution in [0, 0.1) is 5.82 Å². The number of hydrazine groups is 1. The van der Waals surface area contributed by atoms with Crippen LogP contribution in [0.3, 0.4) is 0 Å². The Morgan fingerprint density at radius 1 is 1.20 bits per heavy atom. The van der Waals surface area contributed by atoms with Crippen molar-refractivity contribution in [2.24, 2.45) is 11.6 Å². The molecule has 7 nitrogen and oxygen atoms in total. The Balaban J connectivity index is 0.000000559. The number of anilines is 1. The van der Waals surface area contributed by atoms with Crippen molar-refractivity contribution in [1.29, 1.82) is 0 Å². The lowest BCUT2D eigenvalue weighted by atomic mass is 9.90. The highest BCUT2D eigenvalue weighted by Crippen LogP contribution is 2.38. The maximum absolute atomic E-state index is 14.7. The number of fused-ring (bicyclic) bond motifs is 1. The molecule has 0 spiro atoms. The van der Waals surface area contributed by atoms with Gasteiger partial charge in [0.15, 0.2) is 5.82 Å². The average molecular weight is 584 g/mol. The molecule has 0 aromatic heterocycles. The molecule has 2 heterocycles. The molecule has 1 atom stereocenters. The molecule has 0 radical (unpaired) electrons. The number of carbonyl (C=O) groups is 1. The van der Waals surface area contributed by atoms with E-state index in [0.717, 1.165) is 36.3 Å². The summed E-state index contributed by atoms with van der Waals surface area (Å²) in [6.07, 6.45) is -1.07. The Morgan fingerprint density at radius 2 is 1.88 bits per heavy atom. The summed E-state index contributed by atoms with van der Waals surface area (Å²) >= 11 is 6.03. The van der Waals surface area contributed by atoms with Gasteiger partial charge in [-0.15, -0.1) is 0 Å². The maximum atomic E-state index is 14.7. The summed E-state index contributed by atoms with van der Waals surface area (Å²) < 4.78 is 46.5. The fraction of sp³-hybridized carbons (Fsp3) is 0.393. The number of hydrogen-bond donors (Lipinski definition) is 4. The van der Waals surface area contributed by atoms with E-state index < -0.39 is 18.0 Å². The molecular weight excluding hydrogens is 550 g/mol. The maximum Gasteiger partial charge on any atom is 0.490 e. The van der Waals surface area contributed by atoms with Gasteiger partial charge in [-0.25, -0.2) is 15.0 Å². The minimum atomic E-state index is -5.08. The molecule has 6 N–H and O–H groups in total. The summed E-state index contributed by atoms with van der Waals surface area (Å²) in [5.41, 5.74) is 12.7. The minimum Gasteiger partial charge on any atom is -0.475 e. The molecule has 1 unspecified atom stereocenters. The first kappa shape index (κ1) is 31.3. The smallest absolute Gasteiger partial charge is 0.475 e. The van der Waals surface area contributed by atoms with Gasteiger partial charge in [0.05, 0.1) is 22.4 Å². The van der Waals surface area contributed by atoms with Crippen molar-refractivity contribution in [3.05, 3.63) is 75.7 Å². The normalized spacial score (nSPS) is 19.2. The highest BCUT2D eigenvalue weighted by Gasteiger charge is 2.38. The number of nitrogens with two attached hydrogens (primary N) is 2. The van der Waals surface area contributed by atoms with Gasteiger partial charge < -0.3 is 21.2 Å². The number of carboxylic acid groups (broad SMARTS) is 1. The summed E-state index contributed by atoms with van der Waals surface area (Å²) in [7, 11) is 0. The summed E-state index contributed by atoms with van der Waals surface area (Å²) in [5, 5.41) is 12.3. The second-order valence-electron chi connectivity index (χ2n) is 9.98. The number of rotatable bonds is 4. The van der Waals surface area contributed by atoms with Crippen molar-refractivity contribution in [1.82, 2.24) is 9.91 Å². The largest absolute Gasteiger partial charge is 0.490 e. The zero-order valence-electron chi connectivity index (χ0n) is 22.5. The molecule has 0 bridgehead atoms. The molecular formula is C28H34ClF4N5O2. The second-order valence-corrected chi connectivity index (χ2v) is 10.4. The number of aliphatic carboxylic acids is 1. The van der Waals surface area contributed by atoms with Crippen molar-refractivity contribution in [3.63, 3.8) is 0 Å². The predicted molar refractivity (Wildman–Crippen MR) is 150 cm³/mol. The van der Waals surface area contributed by atoms with Crippen LogP contribution in [-0.2, 0) is 4.79 Å². The van der Waals surface area contributed by atoms with E-state index in [9.17, 15) is 17.6 Å². The first-order valence-electron chi connectivity index (χ1n) is 12.8. The predicted octanol–water partition coefficient (Wildman–Crippen LogP) is 5.99. The highest BCUT2D eigenvalue weighted by atomic mass is 35.5. The van der Waals surface area contributed by atoms with Gasteiger partial charge in [0.1, 0.15) is 0 Å². The van der Waals surface area contributed by atoms with E-state index in [1.807, 2.05) is 6.92 Å². The van der Waals surface area contributed by atoms with Crippen molar-refractivity contribution < 1.29 is 27.5 Å². The lowest BCUT2D eigenvalue weighted by Gasteiger charge is -2.30. The number of alkyl halides is 3. The minimum absolute atomic E-state index is 0.100. The lowest BCUT2D eigenvalue weighted by molar-refractivity contribution is -0.192. The fourth-order valence-corrected chi connectivity index (χ4v) is 4.94. The van der Waals surface area contributed by atoms with Crippen LogP contribution in [0.25, 0.3) is 11.3 Å². The number of nitrogens with zero attached hydrogens (tertiary/aromatic N) is 2. The van der Waals surface area contributed by atoms with Crippen molar-refractivity contribution in [2.75, 3.05) is 25.0 Å². The van der Waals surface area contributed by atoms with Crippen LogP contribution in [0.5, 0.6) is 0 Å². The van der Waals surface area contributed by atoms with E-state index in [1.165, 1.54) is 11.1 Å². The molecule has 0 saturated carbocycles. The summed E-state index contributed by atoms with van der Waals surface area (Å²) in [4.78, 5) is 11.4. The number of hydrogen-bond acceptors (Lipinski definition) is 6. The van der Waals surface area contributed by atoms with E-state index in [1.54, 1.807) is 23.2 Å². The Hall–Kier alpha value is -3.28. The summed E-state index contributed by atoms with van der Waals surface area (Å²) in [6.45, 7) is 8.89. The third-order valence-electron chi connectivity index (χ3n) is 6.87. The molecule has 0 saturated heterocycles. The van der Waals surface area contributed by atoms with Crippen LogP contribution in [0.2, 0.25) is 5.02 Å². The van der Waals surface area contributed by atoms with Crippen molar-refractivity contribution >= 4 is 34.5 Å². The van der Waals surface area contributed by atoms with Crippen LogP contribution >= 0.6 is 11.6 Å². The van der Waals surface area contributed by atoms with Crippen molar-refractivity contribution in [2.45, 2.75) is 51.9 Å². The topological polar surface area (TPSA) is 108 Å². The van der Waals surface area contributed by atoms with Crippen LogP contribution < -0.4 is 16.9 Å². The van der Waals surface area contributed by atoms with E-state index >= 15 is 0 Å². The standard InChI is InChI=1S/C26H33ClFN5.C2HF3O2/c1-16(2)32-12-9-18(10-13-32)19-7-8-20-21(15-19)23(11-14-33(30)26(20)17(3)29)31-24-6-4-5-22(27)25(24)28;3-2(4,5)1(6)7/h4-9,15-16,23,31H,10-14,29-30H2,1-3H3;(H,6,7)/b26-17-;. The monoisotopic (exact) mass is 583 g/mol. The first-order valence-corrected chi connectivity index (χ1v) is 13.2. The van der Waals surface area contributed by atoms with E-state index in [0.29, 0.717) is 30.4 Å². The highest BCUT2D eigenvalue weighted by molar-refractivity contribution is 6.31. The average Bonchev–Trinajstić information content (AvgIpc) is 3.02. The molecule has 2 aliphatic rings. The molecule has 12 heteroatoms. The van der Waals surface area contributed by atoms with Gasteiger partial charge >= 0.3 is 12.1 Å². The van der Waals surface area contributed by atoms with Gasteiger partial charge in [-0.1, -0.05) is 35.9 Å². The Labute approximate surface area is 236 Å². The zero-order chi connectivity index (χ0) is 29.8. The first-order chi connectivity index (χ1) is 18.7. The van der Waals surface area contributed by atoms with Gasteiger partial charge in [0.25, 0.3) is 0 Å². The third kappa shape index (κ3) is 7.47. The molecule has 0 aliphatic carbocycles. The van der Waals surface area contributed by atoms with Crippen LogP contribution in [0.4, 0.5) is 23.2 Å². The lowest BCUT2D eigenvalue weighted by Crippen LogP contribution is -2.34. The Morgan fingerprint density at radius 3 is 2.42 bits per heavy atom. The molecule has 2 aromatic rings. The fourth-order valence-electron chi connectivity index (χ4n) is 4.76. The van der Waals surface area contributed by atoms with Gasteiger partial charge in [-0.2, -0.15) is 13.2 Å². The van der Waals surface area contributed by atoms with Crippen LogP contribution in [0.15, 0.2) is 48.2 Å². The van der Waals surface area contributed by atoms with Gasteiger partial charge in [0.2, 0.25) is 0 Å². The second kappa shape index (κ2) is 12.9. The quantitative estimate of drug-likeness (QED) is 0.259. The Bertz CT molecular complexity index is 1290. The zero-order valence-corrected chi connectivity index (χ0v) is 23.3. The van der Waals surface area contributed by atoms with E-state index in [4.69, 9.17) is 33.1 Å². The van der Waals surface area contributed by atoms with Crippen LogP contribution in [0.1, 0.15) is 56.3 Å². The summed E-state index contributed by atoms with van der Waals surface area (Å²) in [6, 6.07) is 11.9. The summed E-state index contributed by atoms with van der Waals surface area (Å²) in [5.74, 6) is 3.18. The molecule has 4 rings (SSSR count). The number of carboxylic acids is 1. The van der Waals surface area contributed by atoms with Gasteiger partial charge in [-0.3, -0.25) is 4.90 Å². The molecule has 40 heavy (non-hydrogen) atoms. The number of allylic oxidation sites excluding steroid dienone is 1. The third-order valence-corrected chi connectivity index (χ3v) is 7.16. The Kier molecular flexibility index (Phi) is 10.1. The molecule has 2 aromatic carbocycles. The molecule has 0 amide bonds. The molecule has 2 aliphatic heterocycles.